The van der Waals surface area contributed by atoms with E-state index in [4.69, 9.17) is 9.47 Å². The molecular weight excluding hydrogens is 516 g/mol. The van der Waals surface area contributed by atoms with Crippen molar-refractivity contribution in [1.29, 1.82) is 0 Å². The quantitative estimate of drug-likeness (QED) is 0.0603. The molecule has 0 aromatic heterocycles. The van der Waals surface area contributed by atoms with Crippen molar-refractivity contribution in [2.75, 3.05) is 13.2 Å². The van der Waals surface area contributed by atoms with Gasteiger partial charge in [-0.15, -0.1) is 0 Å². The average molecular weight is 577 g/mol. The van der Waals surface area contributed by atoms with Gasteiger partial charge in [0.1, 0.15) is 11.5 Å². The van der Waals surface area contributed by atoms with Crippen LogP contribution in [0.1, 0.15) is 158 Å². The third kappa shape index (κ3) is 18.1. The van der Waals surface area contributed by atoms with Crippen LogP contribution in [0.2, 0.25) is 0 Å². The summed E-state index contributed by atoms with van der Waals surface area (Å²) >= 11 is 0. The van der Waals surface area contributed by atoms with Gasteiger partial charge in [-0.2, -0.15) is 0 Å². The van der Waals surface area contributed by atoms with E-state index < -0.39 is 0 Å². The fourth-order valence-electron chi connectivity index (χ4n) is 5.24. The number of benzene rings is 2. The maximum atomic E-state index is 12.8. The van der Waals surface area contributed by atoms with Crippen molar-refractivity contribution in [3.63, 3.8) is 0 Å². The average Bonchev–Trinajstić information content (AvgIpc) is 3.02. The first-order valence-corrected chi connectivity index (χ1v) is 17.4. The predicted octanol–water partition coefficient (Wildman–Crippen LogP) is 12.2. The summed E-state index contributed by atoms with van der Waals surface area (Å²) in [6.45, 7) is 5.99. The van der Waals surface area contributed by atoms with Gasteiger partial charge in [0.15, 0.2) is 5.78 Å². The van der Waals surface area contributed by atoms with E-state index in [-0.39, 0.29) is 5.78 Å². The van der Waals surface area contributed by atoms with Crippen LogP contribution in [0.4, 0.5) is 0 Å². The predicted molar refractivity (Wildman–Crippen MR) is 181 cm³/mol. The number of hydrogen-bond donors (Lipinski definition) is 0. The fourth-order valence-corrected chi connectivity index (χ4v) is 5.24. The number of carbonyl (C=O) groups excluding carboxylic acids is 1. The van der Waals surface area contributed by atoms with Gasteiger partial charge >= 0.3 is 0 Å². The molecule has 3 nitrogen and oxygen atoms in total. The number of ketones is 1. The van der Waals surface area contributed by atoms with Crippen molar-refractivity contribution in [3.05, 3.63) is 65.7 Å². The van der Waals surface area contributed by atoms with Crippen LogP contribution in [-0.4, -0.2) is 19.0 Å². The Morgan fingerprint density at radius 1 is 0.548 bits per heavy atom. The first-order valence-electron chi connectivity index (χ1n) is 17.4. The normalized spacial score (nSPS) is 11.3. The first kappa shape index (κ1) is 35.6. The van der Waals surface area contributed by atoms with Crippen LogP contribution in [-0.2, 0) is 0 Å². The number of carbonyl (C=O) groups is 1. The summed E-state index contributed by atoms with van der Waals surface area (Å²) in [5, 5.41) is 0. The van der Waals surface area contributed by atoms with Gasteiger partial charge in [-0.3, -0.25) is 4.79 Å². The SMILES string of the molecule is CCCCCCCCCCCCCCCCOc1cccc(C(=O)/C=C/c2ccc(OCCCCCCCC)cc2)c1. The van der Waals surface area contributed by atoms with E-state index in [1.165, 1.54) is 116 Å². The minimum Gasteiger partial charge on any atom is -0.494 e. The van der Waals surface area contributed by atoms with Crippen LogP contribution in [0.25, 0.3) is 6.08 Å². The van der Waals surface area contributed by atoms with Gasteiger partial charge in [0.25, 0.3) is 0 Å². The molecule has 0 atom stereocenters. The van der Waals surface area contributed by atoms with E-state index >= 15 is 0 Å². The maximum absolute atomic E-state index is 12.8. The molecule has 0 bridgehead atoms. The minimum atomic E-state index is -0.0136. The summed E-state index contributed by atoms with van der Waals surface area (Å²) in [6, 6.07) is 15.5. The highest BCUT2D eigenvalue weighted by Crippen LogP contribution is 2.18. The van der Waals surface area contributed by atoms with Gasteiger partial charge in [-0.05, 0) is 48.7 Å². The molecule has 0 amide bonds. The van der Waals surface area contributed by atoms with Crippen LogP contribution in [0.15, 0.2) is 54.6 Å². The summed E-state index contributed by atoms with van der Waals surface area (Å²) < 4.78 is 11.8. The lowest BCUT2D eigenvalue weighted by Gasteiger charge is -2.07. The Morgan fingerprint density at radius 3 is 1.50 bits per heavy atom. The second kappa shape index (κ2) is 25.0. The lowest BCUT2D eigenvalue weighted by Crippen LogP contribution is -2.00. The molecule has 0 fully saturated rings. The molecule has 2 rings (SSSR count). The Bertz CT molecular complexity index is 946. The van der Waals surface area contributed by atoms with E-state index in [1.807, 2.05) is 54.6 Å². The number of allylic oxidation sites excluding steroid dienone is 1. The van der Waals surface area contributed by atoms with Crippen molar-refractivity contribution >= 4 is 11.9 Å². The summed E-state index contributed by atoms with van der Waals surface area (Å²) in [6.07, 6.45) is 30.0. The zero-order valence-electron chi connectivity index (χ0n) is 27.1. The highest BCUT2D eigenvalue weighted by Gasteiger charge is 2.04. The van der Waals surface area contributed by atoms with Crippen LogP contribution < -0.4 is 9.47 Å². The molecule has 0 saturated heterocycles. The fraction of sp³-hybridized carbons (Fsp3) is 0.615. The Hall–Kier alpha value is -2.55. The van der Waals surface area contributed by atoms with Gasteiger partial charge < -0.3 is 9.47 Å². The summed E-state index contributed by atoms with van der Waals surface area (Å²) in [4.78, 5) is 12.8. The highest BCUT2D eigenvalue weighted by atomic mass is 16.5. The number of unbranched alkanes of at least 4 members (excludes halogenated alkanes) is 18. The molecule has 2 aromatic carbocycles. The van der Waals surface area contributed by atoms with Crippen molar-refractivity contribution in [2.45, 2.75) is 142 Å². The van der Waals surface area contributed by atoms with Crippen molar-refractivity contribution < 1.29 is 14.3 Å². The summed E-state index contributed by atoms with van der Waals surface area (Å²) in [5.41, 5.74) is 1.64. The number of hydrogen-bond acceptors (Lipinski definition) is 3. The lowest BCUT2D eigenvalue weighted by molar-refractivity contribution is 0.104. The van der Waals surface area contributed by atoms with Gasteiger partial charge in [0, 0.05) is 5.56 Å². The molecule has 234 valence electrons. The first-order chi connectivity index (χ1) is 20.7. The van der Waals surface area contributed by atoms with Crippen LogP contribution in [0, 0.1) is 0 Å². The molecule has 0 N–H and O–H groups in total. The van der Waals surface area contributed by atoms with Gasteiger partial charge in [-0.25, -0.2) is 0 Å². The van der Waals surface area contributed by atoms with E-state index in [2.05, 4.69) is 13.8 Å². The van der Waals surface area contributed by atoms with Crippen LogP contribution >= 0.6 is 0 Å². The van der Waals surface area contributed by atoms with Crippen molar-refractivity contribution in [2.24, 2.45) is 0 Å². The molecule has 0 saturated carbocycles. The zero-order valence-corrected chi connectivity index (χ0v) is 27.1. The van der Waals surface area contributed by atoms with Gasteiger partial charge in [0.2, 0.25) is 0 Å². The highest BCUT2D eigenvalue weighted by molar-refractivity contribution is 6.07. The molecular formula is C39H60O3. The second-order valence-corrected chi connectivity index (χ2v) is 11.9. The Labute approximate surface area is 258 Å². The third-order valence-corrected chi connectivity index (χ3v) is 7.96. The van der Waals surface area contributed by atoms with Gasteiger partial charge in [0.05, 0.1) is 13.2 Å². The molecule has 2 aromatic rings. The standard InChI is InChI=1S/C39H60O3/c1-3-5-7-9-11-12-13-14-15-16-17-18-20-22-33-42-38-25-23-24-36(34-38)39(40)31-28-35-26-29-37(30-27-35)41-32-21-19-10-8-6-4-2/h23-31,34H,3-22,32-33H2,1-2H3/b31-28+. The molecule has 0 spiro atoms. The van der Waals surface area contributed by atoms with Crippen molar-refractivity contribution in [3.8, 4) is 11.5 Å². The molecule has 0 heterocycles. The number of rotatable bonds is 27. The van der Waals surface area contributed by atoms with E-state index in [0.29, 0.717) is 12.2 Å². The molecule has 0 aliphatic rings. The molecule has 0 aliphatic carbocycles. The Morgan fingerprint density at radius 2 is 1.00 bits per heavy atom. The van der Waals surface area contributed by atoms with E-state index in [0.717, 1.165) is 36.5 Å². The topological polar surface area (TPSA) is 35.5 Å². The van der Waals surface area contributed by atoms with Crippen molar-refractivity contribution in [1.82, 2.24) is 0 Å². The molecule has 0 unspecified atom stereocenters. The second-order valence-electron chi connectivity index (χ2n) is 11.9. The maximum Gasteiger partial charge on any atom is 0.185 e. The lowest BCUT2D eigenvalue weighted by atomic mass is 10.0. The molecule has 0 aliphatic heterocycles. The largest absolute Gasteiger partial charge is 0.494 e. The molecule has 0 radical (unpaired) electrons. The smallest absolute Gasteiger partial charge is 0.185 e. The summed E-state index contributed by atoms with van der Waals surface area (Å²) in [7, 11) is 0. The monoisotopic (exact) mass is 576 g/mol. The van der Waals surface area contributed by atoms with Crippen LogP contribution in [0.3, 0.4) is 0 Å². The zero-order chi connectivity index (χ0) is 29.9. The van der Waals surface area contributed by atoms with Crippen LogP contribution in [0.5, 0.6) is 11.5 Å². The number of ether oxygens (including phenoxy) is 2. The van der Waals surface area contributed by atoms with E-state index in [9.17, 15) is 4.79 Å². The minimum absolute atomic E-state index is 0.0136. The Kier molecular flexibility index (Phi) is 21.2. The molecule has 3 heteroatoms. The molecule has 42 heavy (non-hydrogen) atoms. The van der Waals surface area contributed by atoms with E-state index in [1.54, 1.807) is 6.08 Å². The van der Waals surface area contributed by atoms with Gasteiger partial charge in [-0.1, -0.05) is 160 Å². The Balaban J connectivity index is 1.55. The summed E-state index contributed by atoms with van der Waals surface area (Å²) in [5.74, 6) is 1.65. The third-order valence-electron chi connectivity index (χ3n) is 7.96.